The molecule has 27 heavy (non-hydrogen) atoms. The summed E-state index contributed by atoms with van der Waals surface area (Å²) in [7, 11) is 0. The normalized spacial score (nSPS) is 11.8. The van der Waals surface area contributed by atoms with Crippen molar-refractivity contribution in [2.45, 2.75) is 12.5 Å². The van der Waals surface area contributed by atoms with Crippen LogP contribution in [0.4, 0.5) is 14.9 Å². The van der Waals surface area contributed by atoms with E-state index in [4.69, 9.17) is 9.94 Å². The maximum atomic E-state index is 13.6. The summed E-state index contributed by atoms with van der Waals surface area (Å²) < 4.78 is 19.8. The molecule has 0 aliphatic rings. The fraction of sp³-hybridized carbons (Fsp3) is 0.111. The molecule has 9 heteroatoms. The molecule has 142 valence electrons. The molecule has 0 saturated heterocycles. The van der Waals surface area contributed by atoms with Crippen LogP contribution in [0.2, 0.25) is 0 Å². The molecule has 2 aromatic carbocycles. The van der Waals surface area contributed by atoms with Crippen molar-refractivity contribution < 1.29 is 29.0 Å². The lowest BCUT2D eigenvalue weighted by atomic mass is 10.1. The predicted octanol–water partition coefficient (Wildman–Crippen LogP) is 4.04. The molecule has 0 bridgehead atoms. The van der Waals surface area contributed by atoms with Crippen molar-refractivity contribution in [2.24, 2.45) is 0 Å². The van der Waals surface area contributed by atoms with Crippen LogP contribution in [0.15, 0.2) is 59.1 Å². The summed E-state index contributed by atoms with van der Waals surface area (Å²) in [6, 6.07) is 10.4. The van der Waals surface area contributed by atoms with Crippen LogP contribution in [0.1, 0.15) is 18.1 Å². The Hall–Kier alpha value is -2.91. The zero-order valence-electron chi connectivity index (χ0n) is 13.9. The number of phenols is 1. The Bertz CT molecular complexity index is 842. The van der Waals surface area contributed by atoms with E-state index in [1.807, 2.05) is 0 Å². The Labute approximate surface area is 162 Å². The van der Waals surface area contributed by atoms with Crippen molar-refractivity contribution in [1.29, 1.82) is 0 Å². The first-order valence-electron chi connectivity index (χ1n) is 7.71. The standard InChI is InChI=1S/C18H16BrFN2O5/c19-12-5-7-13(8-6-12)21-18(25)27-16(2-1-3-17(24)22-26)11-4-9-15(23)14(20)10-11/h1,3-10,16,23,26H,2H2,(H,21,25)(H,22,24)/b3-1+/t16-/m1/s1. The van der Waals surface area contributed by atoms with Crippen LogP contribution in [0.5, 0.6) is 5.75 Å². The van der Waals surface area contributed by atoms with E-state index < -0.39 is 29.7 Å². The second-order valence-electron chi connectivity index (χ2n) is 5.35. The number of nitrogens with one attached hydrogen (secondary N) is 2. The highest BCUT2D eigenvalue weighted by atomic mass is 79.9. The second-order valence-corrected chi connectivity index (χ2v) is 6.27. The minimum absolute atomic E-state index is 0.0331. The molecule has 7 nitrogen and oxygen atoms in total. The monoisotopic (exact) mass is 438 g/mol. The SMILES string of the molecule is O=C(/C=C/C[C@@H](OC(=O)Nc1ccc(Br)cc1)c1ccc(O)c(F)c1)NO. The number of anilines is 1. The number of hydrogen-bond acceptors (Lipinski definition) is 5. The number of carbonyl (C=O) groups excluding carboxylic acids is 2. The zero-order valence-corrected chi connectivity index (χ0v) is 15.4. The van der Waals surface area contributed by atoms with Crippen molar-refractivity contribution in [2.75, 3.05) is 5.32 Å². The Morgan fingerprint density at radius 1 is 1.22 bits per heavy atom. The molecule has 0 spiro atoms. The lowest BCUT2D eigenvalue weighted by Gasteiger charge is -2.18. The highest BCUT2D eigenvalue weighted by molar-refractivity contribution is 9.10. The van der Waals surface area contributed by atoms with E-state index in [9.17, 15) is 19.1 Å². The summed E-state index contributed by atoms with van der Waals surface area (Å²) in [6.07, 6.45) is 0.716. The number of phenolic OH excluding ortho intramolecular Hbond substituents is 1. The van der Waals surface area contributed by atoms with Gasteiger partial charge < -0.3 is 9.84 Å². The Balaban J connectivity index is 2.13. The number of halogens is 2. The zero-order chi connectivity index (χ0) is 19.8. The van der Waals surface area contributed by atoms with E-state index in [-0.39, 0.29) is 12.0 Å². The summed E-state index contributed by atoms with van der Waals surface area (Å²) in [5, 5.41) is 20.3. The van der Waals surface area contributed by atoms with Gasteiger partial charge in [-0.15, -0.1) is 0 Å². The van der Waals surface area contributed by atoms with E-state index in [0.717, 1.165) is 22.7 Å². The molecule has 2 aromatic rings. The van der Waals surface area contributed by atoms with E-state index in [2.05, 4.69) is 21.2 Å². The van der Waals surface area contributed by atoms with Crippen LogP contribution < -0.4 is 10.8 Å². The largest absolute Gasteiger partial charge is 0.505 e. The molecular weight excluding hydrogens is 423 g/mol. The van der Waals surface area contributed by atoms with E-state index in [0.29, 0.717) is 5.69 Å². The first kappa shape index (κ1) is 20.4. The third-order valence-corrected chi connectivity index (χ3v) is 3.94. The van der Waals surface area contributed by atoms with Gasteiger partial charge in [0.25, 0.3) is 5.91 Å². The molecule has 0 aromatic heterocycles. The van der Waals surface area contributed by atoms with E-state index in [1.165, 1.54) is 17.6 Å². The average molecular weight is 439 g/mol. The third-order valence-electron chi connectivity index (χ3n) is 3.41. The van der Waals surface area contributed by atoms with Gasteiger partial charge in [0.15, 0.2) is 11.6 Å². The summed E-state index contributed by atoms with van der Waals surface area (Å²) >= 11 is 3.28. The van der Waals surface area contributed by atoms with Gasteiger partial charge >= 0.3 is 6.09 Å². The molecule has 0 aliphatic heterocycles. The van der Waals surface area contributed by atoms with Gasteiger partial charge in [0.2, 0.25) is 0 Å². The van der Waals surface area contributed by atoms with Crippen LogP contribution in [0.3, 0.4) is 0 Å². The molecule has 0 saturated carbocycles. The number of amides is 2. The van der Waals surface area contributed by atoms with Crippen LogP contribution in [0.25, 0.3) is 0 Å². The van der Waals surface area contributed by atoms with Crippen LogP contribution in [-0.4, -0.2) is 22.3 Å². The summed E-state index contributed by atoms with van der Waals surface area (Å²) in [4.78, 5) is 23.2. The minimum atomic E-state index is -0.932. The highest BCUT2D eigenvalue weighted by Crippen LogP contribution is 2.27. The first-order chi connectivity index (χ1) is 12.9. The molecule has 4 N–H and O–H groups in total. The van der Waals surface area contributed by atoms with Gasteiger partial charge in [-0.25, -0.2) is 14.7 Å². The van der Waals surface area contributed by atoms with E-state index >= 15 is 0 Å². The summed E-state index contributed by atoms with van der Waals surface area (Å²) in [5.74, 6) is -2.16. The maximum absolute atomic E-state index is 13.6. The second kappa shape index (κ2) is 9.70. The van der Waals surface area contributed by atoms with Crippen LogP contribution >= 0.6 is 15.9 Å². The highest BCUT2D eigenvalue weighted by Gasteiger charge is 2.18. The number of ether oxygens (including phenoxy) is 1. The number of carbonyl (C=O) groups is 2. The quantitative estimate of drug-likeness (QED) is 0.309. The van der Waals surface area contributed by atoms with Gasteiger partial charge in [-0.05, 0) is 42.0 Å². The topological polar surface area (TPSA) is 108 Å². The number of benzene rings is 2. The van der Waals surface area contributed by atoms with Gasteiger partial charge in [0, 0.05) is 22.7 Å². The van der Waals surface area contributed by atoms with Crippen LogP contribution in [0, 0.1) is 5.82 Å². The van der Waals surface area contributed by atoms with Crippen molar-refractivity contribution in [1.82, 2.24) is 5.48 Å². The van der Waals surface area contributed by atoms with Gasteiger partial charge in [-0.3, -0.25) is 15.3 Å². The molecular formula is C18H16BrFN2O5. The molecule has 0 radical (unpaired) electrons. The minimum Gasteiger partial charge on any atom is -0.505 e. The Morgan fingerprint density at radius 2 is 1.93 bits per heavy atom. The van der Waals surface area contributed by atoms with Crippen LogP contribution in [-0.2, 0) is 9.53 Å². The number of rotatable bonds is 6. The fourth-order valence-electron chi connectivity index (χ4n) is 2.12. The third kappa shape index (κ3) is 6.39. The predicted molar refractivity (Wildman–Crippen MR) is 98.7 cm³/mol. The van der Waals surface area contributed by atoms with Crippen molar-refractivity contribution in [3.63, 3.8) is 0 Å². The number of hydroxylamine groups is 1. The van der Waals surface area contributed by atoms with Gasteiger partial charge in [0.05, 0.1) is 0 Å². The molecule has 1 atom stereocenters. The van der Waals surface area contributed by atoms with Crippen molar-refractivity contribution in [3.05, 3.63) is 70.5 Å². The van der Waals surface area contributed by atoms with Crippen molar-refractivity contribution in [3.8, 4) is 5.75 Å². The lowest BCUT2D eigenvalue weighted by Crippen LogP contribution is -2.18. The Morgan fingerprint density at radius 3 is 2.56 bits per heavy atom. The maximum Gasteiger partial charge on any atom is 0.412 e. The first-order valence-corrected chi connectivity index (χ1v) is 8.50. The average Bonchev–Trinajstić information content (AvgIpc) is 2.65. The number of aromatic hydroxyl groups is 1. The molecule has 0 aliphatic carbocycles. The smallest absolute Gasteiger partial charge is 0.412 e. The molecule has 2 rings (SSSR count). The molecule has 0 unspecified atom stereocenters. The molecule has 0 fully saturated rings. The van der Waals surface area contributed by atoms with Gasteiger partial charge in [-0.1, -0.05) is 28.1 Å². The van der Waals surface area contributed by atoms with Crippen molar-refractivity contribution >= 4 is 33.6 Å². The number of hydrogen-bond donors (Lipinski definition) is 4. The fourth-order valence-corrected chi connectivity index (χ4v) is 2.39. The van der Waals surface area contributed by atoms with Gasteiger partial charge in [0.1, 0.15) is 6.10 Å². The lowest BCUT2D eigenvalue weighted by molar-refractivity contribution is -0.124. The molecule has 0 heterocycles. The summed E-state index contributed by atoms with van der Waals surface area (Å²) in [6.45, 7) is 0. The van der Waals surface area contributed by atoms with Gasteiger partial charge in [-0.2, -0.15) is 0 Å². The van der Waals surface area contributed by atoms with E-state index in [1.54, 1.807) is 24.3 Å². The molecule has 2 amide bonds. The Kier molecular flexibility index (Phi) is 7.33. The summed E-state index contributed by atoms with van der Waals surface area (Å²) in [5.41, 5.74) is 2.21.